The van der Waals surface area contributed by atoms with Gasteiger partial charge >= 0.3 is 0 Å². The van der Waals surface area contributed by atoms with E-state index in [9.17, 15) is 14.9 Å². The van der Waals surface area contributed by atoms with E-state index in [0.29, 0.717) is 11.7 Å². The molecular formula is C14H20N4O3. The summed E-state index contributed by atoms with van der Waals surface area (Å²) in [7, 11) is 1.50. The number of nitro benzene ring substituents is 1. The molecule has 1 amide bonds. The number of anilines is 1. The number of carbonyl (C=O) groups is 1. The van der Waals surface area contributed by atoms with E-state index < -0.39 is 4.92 Å². The Morgan fingerprint density at radius 3 is 2.86 bits per heavy atom. The first-order valence-electron chi connectivity index (χ1n) is 7.01. The molecule has 7 heteroatoms. The SMILES string of the molecule is CNC(=O)c1ccc(NC2CCNC(C)C2)c([N+](=O)[O-])c1. The highest BCUT2D eigenvalue weighted by Crippen LogP contribution is 2.27. The van der Waals surface area contributed by atoms with Crippen molar-refractivity contribution >= 4 is 17.3 Å². The molecule has 2 rings (SSSR count). The zero-order chi connectivity index (χ0) is 15.4. The van der Waals surface area contributed by atoms with Gasteiger partial charge in [0.15, 0.2) is 0 Å². The molecule has 0 aliphatic carbocycles. The highest BCUT2D eigenvalue weighted by atomic mass is 16.6. The molecule has 1 aliphatic heterocycles. The maximum atomic E-state index is 11.6. The topological polar surface area (TPSA) is 96.3 Å². The van der Waals surface area contributed by atoms with E-state index in [4.69, 9.17) is 0 Å². The average molecular weight is 292 g/mol. The summed E-state index contributed by atoms with van der Waals surface area (Å²) in [6.07, 6.45) is 1.83. The van der Waals surface area contributed by atoms with Gasteiger partial charge in [0.05, 0.1) is 4.92 Å². The number of piperidine rings is 1. The van der Waals surface area contributed by atoms with Gasteiger partial charge in [0.1, 0.15) is 5.69 Å². The average Bonchev–Trinajstić information content (AvgIpc) is 2.46. The lowest BCUT2D eigenvalue weighted by molar-refractivity contribution is -0.384. The number of rotatable bonds is 4. The number of nitro groups is 1. The zero-order valence-electron chi connectivity index (χ0n) is 12.2. The Hall–Kier alpha value is -2.15. The first-order chi connectivity index (χ1) is 10.0. The molecule has 1 aromatic rings. The van der Waals surface area contributed by atoms with Crippen LogP contribution in [0.2, 0.25) is 0 Å². The molecule has 114 valence electrons. The van der Waals surface area contributed by atoms with Gasteiger partial charge in [-0.2, -0.15) is 0 Å². The van der Waals surface area contributed by atoms with Crippen molar-refractivity contribution in [1.29, 1.82) is 0 Å². The van der Waals surface area contributed by atoms with Gasteiger partial charge in [-0.25, -0.2) is 0 Å². The van der Waals surface area contributed by atoms with Crippen molar-refractivity contribution in [3.8, 4) is 0 Å². The van der Waals surface area contributed by atoms with Crippen molar-refractivity contribution in [3.05, 3.63) is 33.9 Å². The number of benzene rings is 1. The molecule has 1 aromatic carbocycles. The highest BCUT2D eigenvalue weighted by Gasteiger charge is 2.22. The smallest absolute Gasteiger partial charge is 0.293 e. The Bertz CT molecular complexity index is 547. The maximum Gasteiger partial charge on any atom is 0.293 e. The van der Waals surface area contributed by atoms with E-state index in [1.54, 1.807) is 12.1 Å². The lowest BCUT2D eigenvalue weighted by Gasteiger charge is -2.29. The summed E-state index contributed by atoms with van der Waals surface area (Å²) in [5, 5.41) is 20.2. The molecule has 7 nitrogen and oxygen atoms in total. The molecule has 1 saturated heterocycles. The molecular weight excluding hydrogens is 272 g/mol. The molecule has 0 aromatic heterocycles. The third-order valence-corrected chi connectivity index (χ3v) is 3.67. The minimum atomic E-state index is -0.459. The van der Waals surface area contributed by atoms with Crippen LogP contribution in [0.25, 0.3) is 0 Å². The van der Waals surface area contributed by atoms with E-state index in [0.717, 1.165) is 19.4 Å². The lowest BCUT2D eigenvalue weighted by atomic mass is 10.00. The fraction of sp³-hybridized carbons (Fsp3) is 0.500. The molecule has 2 atom stereocenters. The predicted molar refractivity (Wildman–Crippen MR) is 80.6 cm³/mol. The number of amides is 1. The van der Waals surface area contributed by atoms with E-state index >= 15 is 0 Å². The van der Waals surface area contributed by atoms with Gasteiger partial charge in [0.2, 0.25) is 0 Å². The van der Waals surface area contributed by atoms with E-state index in [1.165, 1.54) is 13.1 Å². The minimum absolute atomic E-state index is 0.0673. The molecule has 21 heavy (non-hydrogen) atoms. The Morgan fingerprint density at radius 2 is 2.24 bits per heavy atom. The summed E-state index contributed by atoms with van der Waals surface area (Å²) >= 11 is 0. The van der Waals surface area contributed by atoms with Crippen LogP contribution in [0.4, 0.5) is 11.4 Å². The molecule has 1 fully saturated rings. The zero-order valence-corrected chi connectivity index (χ0v) is 12.2. The maximum absolute atomic E-state index is 11.6. The monoisotopic (exact) mass is 292 g/mol. The quantitative estimate of drug-likeness (QED) is 0.577. The van der Waals surface area contributed by atoms with Crippen LogP contribution in [0.15, 0.2) is 18.2 Å². The molecule has 1 heterocycles. The van der Waals surface area contributed by atoms with Crippen LogP contribution in [-0.2, 0) is 0 Å². The van der Waals surface area contributed by atoms with Crippen molar-refractivity contribution in [2.45, 2.75) is 31.8 Å². The van der Waals surface area contributed by atoms with Crippen molar-refractivity contribution in [2.75, 3.05) is 18.9 Å². The van der Waals surface area contributed by atoms with Crippen LogP contribution in [0.3, 0.4) is 0 Å². The van der Waals surface area contributed by atoms with Crippen LogP contribution in [0.5, 0.6) is 0 Å². The second-order valence-corrected chi connectivity index (χ2v) is 5.29. The molecule has 0 spiro atoms. The Kier molecular flexibility index (Phi) is 4.74. The van der Waals surface area contributed by atoms with Crippen molar-refractivity contribution in [1.82, 2.24) is 10.6 Å². The van der Waals surface area contributed by atoms with Gasteiger partial charge in [0.25, 0.3) is 11.6 Å². The molecule has 0 bridgehead atoms. The second-order valence-electron chi connectivity index (χ2n) is 5.29. The second kappa shape index (κ2) is 6.53. The van der Waals surface area contributed by atoms with Crippen molar-refractivity contribution in [2.24, 2.45) is 0 Å². The van der Waals surface area contributed by atoms with Crippen LogP contribution in [-0.4, -0.2) is 36.5 Å². The van der Waals surface area contributed by atoms with Gasteiger partial charge in [0, 0.05) is 30.8 Å². The van der Waals surface area contributed by atoms with Gasteiger partial charge < -0.3 is 16.0 Å². The molecule has 0 saturated carbocycles. The predicted octanol–water partition coefficient (Wildman–Crippen LogP) is 1.51. The van der Waals surface area contributed by atoms with Gasteiger partial charge in [-0.1, -0.05) is 0 Å². The molecule has 2 unspecified atom stereocenters. The fourth-order valence-corrected chi connectivity index (χ4v) is 2.57. The van der Waals surface area contributed by atoms with E-state index in [-0.39, 0.29) is 23.2 Å². The van der Waals surface area contributed by atoms with E-state index in [1.807, 2.05) is 0 Å². The highest BCUT2D eigenvalue weighted by molar-refractivity contribution is 5.95. The number of carbonyl (C=O) groups excluding carboxylic acids is 1. The number of nitrogens with zero attached hydrogens (tertiary/aromatic N) is 1. The van der Waals surface area contributed by atoms with Crippen LogP contribution in [0, 0.1) is 10.1 Å². The number of nitrogens with one attached hydrogen (secondary N) is 3. The Balaban J connectivity index is 2.22. The van der Waals surface area contributed by atoms with Crippen LogP contribution in [0.1, 0.15) is 30.1 Å². The molecule has 1 aliphatic rings. The van der Waals surface area contributed by atoms with Gasteiger partial charge in [-0.3, -0.25) is 14.9 Å². The number of hydrogen-bond donors (Lipinski definition) is 3. The molecule has 0 radical (unpaired) electrons. The normalized spacial score (nSPS) is 21.6. The fourth-order valence-electron chi connectivity index (χ4n) is 2.57. The van der Waals surface area contributed by atoms with Crippen molar-refractivity contribution < 1.29 is 9.72 Å². The summed E-state index contributed by atoms with van der Waals surface area (Å²) in [5.41, 5.74) is 0.683. The van der Waals surface area contributed by atoms with Gasteiger partial charge in [-0.05, 0) is 38.4 Å². The summed E-state index contributed by atoms with van der Waals surface area (Å²) in [6.45, 7) is 2.99. The Morgan fingerprint density at radius 1 is 1.48 bits per heavy atom. The molecule has 3 N–H and O–H groups in total. The summed E-state index contributed by atoms with van der Waals surface area (Å²) in [6, 6.07) is 5.10. The Labute approximate surface area is 123 Å². The van der Waals surface area contributed by atoms with Crippen molar-refractivity contribution in [3.63, 3.8) is 0 Å². The first-order valence-corrected chi connectivity index (χ1v) is 7.01. The summed E-state index contributed by atoms with van der Waals surface area (Å²) in [4.78, 5) is 22.3. The van der Waals surface area contributed by atoms with Crippen LogP contribution < -0.4 is 16.0 Å². The summed E-state index contributed by atoms with van der Waals surface area (Å²) < 4.78 is 0. The largest absolute Gasteiger partial charge is 0.377 e. The summed E-state index contributed by atoms with van der Waals surface area (Å²) in [5.74, 6) is -0.333. The first kappa shape index (κ1) is 15.2. The standard InChI is InChI=1S/C14H20N4O3/c1-9-7-11(5-6-16-9)17-12-4-3-10(14(19)15-2)8-13(12)18(20)21/h3-4,8-9,11,16-17H,5-7H2,1-2H3,(H,15,19). The lowest BCUT2D eigenvalue weighted by Crippen LogP contribution is -2.41. The third kappa shape index (κ3) is 3.69. The van der Waals surface area contributed by atoms with E-state index in [2.05, 4.69) is 22.9 Å². The third-order valence-electron chi connectivity index (χ3n) is 3.67. The van der Waals surface area contributed by atoms with Gasteiger partial charge in [-0.15, -0.1) is 0 Å². The number of hydrogen-bond acceptors (Lipinski definition) is 5. The van der Waals surface area contributed by atoms with Crippen LogP contribution >= 0.6 is 0 Å². The minimum Gasteiger partial charge on any atom is -0.377 e.